The van der Waals surface area contributed by atoms with E-state index in [1.54, 1.807) is 6.20 Å². The summed E-state index contributed by atoms with van der Waals surface area (Å²) in [7, 11) is 0. The van der Waals surface area contributed by atoms with Crippen LogP contribution in [-0.4, -0.2) is 0 Å². The molecule has 0 fully saturated rings. The molecule has 0 unspecified atom stereocenters. The zero-order valence-electron chi connectivity index (χ0n) is 9.43. The average Bonchev–Trinajstić information content (AvgIpc) is 2.05. The van der Waals surface area contributed by atoms with Crippen LogP contribution in [0.3, 0.4) is 0 Å². The highest BCUT2D eigenvalue weighted by atomic mass is 15.2. The second-order valence-electron chi connectivity index (χ2n) is 3.42. The van der Waals surface area contributed by atoms with Crippen LogP contribution in [0.1, 0.15) is 47.0 Å². The van der Waals surface area contributed by atoms with Crippen LogP contribution in [0.4, 0.5) is 0 Å². The third-order valence-corrected chi connectivity index (χ3v) is 1.54. The van der Waals surface area contributed by atoms with Crippen molar-refractivity contribution in [1.29, 1.82) is 0 Å². The van der Waals surface area contributed by atoms with Crippen LogP contribution in [0, 0.1) is 5.92 Å². The Kier molecular flexibility index (Phi) is 12.9. The second-order valence-corrected chi connectivity index (χ2v) is 3.42. The highest BCUT2D eigenvalue weighted by Crippen LogP contribution is 2.00. The summed E-state index contributed by atoms with van der Waals surface area (Å²) in [6, 6.07) is 0. The van der Waals surface area contributed by atoms with E-state index in [9.17, 15) is 0 Å². The van der Waals surface area contributed by atoms with Crippen LogP contribution in [0.25, 0.3) is 0 Å². The quantitative estimate of drug-likeness (QED) is 0.466. The first-order valence-corrected chi connectivity index (χ1v) is 4.99. The number of hydrogen-bond donors (Lipinski definition) is 3. The molecule has 0 aliphatic carbocycles. The molecule has 0 saturated carbocycles. The van der Waals surface area contributed by atoms with Gasteiger partial charge in [-0.25, -0.2) is 0 Å². The summed E-state index contributed by atoms with van der Waals surface area (Å²) >= 11 is 0. The summed E-state index contributed by atoms with van der Waals surface area (Å²) in [6.45, 7) is 8.69. The van der Waals surface area contributed by atoms with E-state index in [0.717, 1.165) is 18.0 Å². The lowest BCUT2D eigenvalue weighted by atomic mass is 10.1. The number of nitrogens with two attached hydrogens (primary N) is 2. The van der Waals surface area contributed by atoms with Crippen molar-refractivity contribution in [3.05, 3.63) is 11.9 Å². The van der Waals surface area contributed by atoms with Crippen LogP contribution in [0.5, 0.6) is 0 Å². The molecule has 3 nitrogen and oxygen atoms in total. The number of allylic oxidation sites excluding steroid dienone is 1. The van der Waals surface area contributed by atoms with Crippen LogP contribution in [0.15, 0.2) is 11.9 Å². The normalized spacial score (nSPS) is 10.8. The van der Waals surface area contributed by atoms with Crippen molar-refractivity contribution in [2.24, 2.45) is 17.5 Å². The van der Waals surface area contributed by atoms with Gasteiger partial charge >= 0.3 is 0 Å². The lowest BCUT2D eigenvalue weighted by Gasteiger charge is -1.95. The second kappa shape index (κ2) is 11.3. The first-order chi connectivity index (χ1) is 6.08. The van der Waals surface area contributed by atoms with Gasteiger partial charge < -0.3 is 11.2 Å². The smallest absolute Gasteiger partial charge is 0.0310 e. The predicted octanol–water partition coefficient (Wildman–Crippen LogP) is 2.10. The van der Waals surface area contributed by atoms with E-state index >= 15 is 0 Å². The molecular formula is C10H25N3. The summed E-state index contributed by atoms with van der Waals surface area (Å²) < 4.78 is 0. The zero-order valence-corrected chi connectivity index (χ0v) is 9.43. The topological polar surface area (TPSA) is 64.1 Å². The lowest BCUT2D eigenvalue weighted by Crippen LogP contribution is -2.16. The third-order valence-electron chi connectivity index (χ3n) is 1.54. The lowest BCUT2D eigenvalue weighted by molar-refractivity contribution is 0.576. The van der Waals surface area contributed by atoms with E-state index in [2.05, 4.69) is 26.2 Å². The summed E-state index contributed by atoms with van der Waals surface area (Å²) in [5, 5.41) is 0. The Morgan fingerprint density at radius 2 is 1.92 bits per heavy atom. The Hall–Kier alpha value is -0.700. The maximum Gasteiger partial charge on any atom is 0.0310 e. The monoisotopic (exact) mass is 187 g/mol. The van der Waals surface area contributed by atoms with Gasteiger partial charge in [0.15, 0.2) is 0 Å². The molecule has 0 bridgehead atoms. The molecular weight excluding hydrogens is 162 g/mol. The summed E-state index contributed by atoms with van der Waals surface area (Å²) in [5.74, 6) is 5.80. The van der Waals surface area contributed by atoms with Gasteiger partial charge in [-0.1, -0.05) is 40.5 Å². The van der Waals surface area contributed by atoms with Gasteiger partial charge in [-0.3, -0.25) is 5.84 Å². The molecule has 0 atom stereocenters. The molecule has 0 radical (unpaired) electrons. The standard InChI is InChI=1S/C6H14.C4H11N3/c1-4-5-6(2)3;1-2-4(5)3-7-6/h6H,4-5H2,1-3H3;3,7H,2,5-6H2,1H3/b;4-3-. The van der Waals surface area contributed by atoms with E-state index in [4.69, 9.17) is 11.6 Å². The highest BCUT2D eigenvalue weighted by molar-refractivity contribution is 4.91. The molecule has 13 heavy (non-hydrogen) atoms. The fourth-order valence-corrected chi connectivity index (χ4v) is 0.786. The number of hydrazine groups is 1. The summed E-state index contributed by atoms with van der Waals surface area (Å²) in [6.07, 6.45) is 5.11. The van der Waals surface area contributed by atoms with Crippen LogP contribution >= 0.6 is 0 Å². The van der Waals surface area contributed by atoms with Crippen molar-refractivity contribution < 1.29 is 0 Å². The summed E-state index contributed by atoms with van der Waals surface area (Å²) in [4.78, 5) is 0. The molecule has 3 heteroatoms. The third kappa shape index (κ3) is 18.3. The SMILES string of the molecule is CC/C(N)=C/NN.CCCC(C)C. The number of hydrogen-bond acceptors (Lipinski definition) is 3. The fourth-order valence-electron chi connectivity index (χ4n) is 0.786. The van der Waals surface area contributed by atoms with Crippen molar-refractivity contribution >= 4 is 0 Å². The number of nitrogens with one attached hydrogen (secondary N) is 1. The fraction of sp³-hybridized carbons (Fsp3) is 0.800. The van der Waals surface area contributed by atoms with Crippen molar-refractivity contribution in [2.75, 3.05) is 0 Å². The maximum atomic E-state index is 5.30. The zero-order chi connectivity index (χ0) is 10.7. The van der Waals surface area contributed by atoms with Crippen LogP contribution < -0.4 is 17.0 Å². The molecule has 0 aromatic heterocycles. The van der Waals surface area contributed by atoms with Gasteiger partial charge in [0.25, 0.3) is 0 Å². The molecule has 0 aliphatic heterocycles. The molecule has 0 aromatic rings. The van der Waals surface area contributed by atoms with E-state index in [1.807, 2.05) is 6.92 Å². The summed E-state index contributed by atoms with van der Waals surface area (Å²) in [5.41, 5.74) is 8.40. The average molecular weight is 187 g/mol. The number of rotatable bonds is 4. The van der Waals surface area contributed by atoms with Crippen molar-refractivity contribution in [3.8, 4) is 0 Å². The predicted molar refractivity (Wildman–Crippen MR) is 59.6 cm³/mol. The Balaban J connectivity index is 0. The van der Waals surface area contributed by atoms with Gasteiger partial charge in [0.2, 0.25) is 0 Å². The molecule has 0 rings (SSSR count). The van der Waals surface area contributed by atoms with Crippen LogP contribution in [-0.2, 0) is 0 Å². The molecule has 0 aromatic carbocycles. The van der Waals surface area contributed by atoms with Gasteiger partial charge in [0.1, 0.15) is 0 Å². The van der Waals surface area contributed by atoms with E-state index in [-0.39, 0.29) is 0 Å². The minimum atomic E-state index is 0.766. The Morgan fingerprint density at radius 1 is 1.38 bits per heavy atom. The molecule has 0 amide bonds. The van der Waals surface area contributed by atoms with E-state index < -0.39 is 0 Å². The van der Waals surface area contributed by atoms with Crippen molar-refractivity contribution in [1.82, 2.24) is 5.43 Å². The molecule has 80 valence electrons. The molecule has 5 N–H and O–H groups in total. The van der Waals surface area contributed by atoms with Gasteiger partial charge in [-0.15, -0.1) is 0 Å². The van der Waals surface area contributed by atoms with Gasteiger partial charge in [-0.05, 0) is 12.3 Å². The maximum absolute atomic E-state index is 5.30. The first kappa shape index (κ1) is 14.8. The van der Waals surface area contributed by atoms with Gasteiger partial charge in [0.05, 0.1) is 0 Å². The molecule has 0 aliphatic rings. The largest absolute Gasteiger partial charge is 0.401 e. The first-order valence-electron chi connectivity index (χ1n) is 4.99. The Bertz CT molecular complexity index is 119. The van der Waals surface area contributed by atoms with E-state index in [1.165, 1.54) is 12.8 Å². The van der Waals surface area contributed by atoms with Crippen LogP contribution in [0.2, 0.25) is 0 Å². The van der Waals surface area contributed by atoms with Gasteiger partial charge in [-0.2, -0.15) is 0 Å². The minimum absolute atomic E-state index is 0.766. The minimum Gasteiger partial charge on any atom is -0.401 e. The van der Waals surface area contributed by atoms with Crippen molar-refractivity contribution in [3.63, 3.8) is 0 Å². The van der Waals surface area contributed by atoms with E-state index in [0.29, 0.717) is 0 Å². The Labute approximate surface area is 82.5 Å². The van der Waals surface area contributed by atoms with Crippen molar-refractivity contribution in [2.45, 2.75) is 47.0 Å². The van der Waals surface area contributed by atoms with Gasteiger partial charge in [0, 0.05) is 11.9 Å². The molecule has 0 spiro atoms. The molecule has 0 saturated heterocycles. The molecule has 0 heterocycles. The Morgan fingerprint density at radius 3 is 2.00 bits per heavy atom. The highest BCUT2D eigenvalue weighted by Gasteiger charge is 1.85.